The molecule has 12 heavy (non-hydrogen) atoms. The molecule has 0 aliphatic rings. The summed E-state index contributed by atoms with van der Waals surface area (Å²) < 4.78 is 4.92. The molecule has 0 heterocycles. The van der Waals surface area contributed by atoms with Gasteiger partial charge in [-0.2, -0.15) is 0 Å². The first-order valence-corrected chi connectivity index (χ1v) is 3.43. The van der Waals surface area contributed by atoms with Crippen LogP contribution < -0.4 is 9.96 Å². The van der Waals surface area contributed by atoms with Gasteiger partial charge in [0.15, 0.2) is 0 Å². The molecule has 0 N–H and O–H groups in total. The average molecular weight is 168 g/mol. The highest BCUT2D eigenvalue weighted by molar-refractivity contribution is 5.47. The summed E-state index contributed by atoms with van der Waals surface area (Å²) in [4.78, 5) is 4.45. The van der Waals surface area contributed by atoms with Crippen LogP contribution >= 0.6 is 0 Å². The van der Waals surface area contributed by atoms with E-state index in [4.69, 9.17) is 4.74 Å². The van der Waals surface area contributed by atoms with Crippen LogP contribution in [0.25, 0.3) is 0 Å². The molecule has 0 spiro atoms. The van der Waals surface area contributed by atoms with E-state index in [1.807, 2.05) is 0 Å². The third-order valence-electron chi connectivity index (χ3n) is 1.45. The van der Waals surface area contributed by atoms with Gasteiger partial charge in [-0.15, -0.1) is 0 Å². The molecular weight excluding hydrogens is 158 g/mol. The van der Waals surface area contributed by atoms with Crippen LogP contribution in [0, 0.1) is 5.21 Å². The SMILES string of the molecule is COc1ccc(N([O-])OC)cc1. The van der Waals surface area contributed by atoms with Crippen molar-refractivity contribution < 1.29 is 9.57 Å². The van der Waals surface area contributed by atoms with Crippen molar-refractivity contribution in [3.05, 3.63) is 29.5 Å². The minimum absolute atomic E-state index is 0.430. The molecule has 0 aliphatic carbocycles. The number of anilines is 1. The van der Waals surface area contributed by atoms with Crippen molar-refractivity contribution in [2.24, 2.45) is 0 Å². The zero-order valence-electron chi connectivity index (χ0n) is 6.98. The summed E-state index contributed by atoms with van der Waals surface area (Å²) in [5.41, 5.74) is 0.443. The van der Waals surface area contributed by atoms with E-state index in [1.165, 1.54) is 7.11 Å². The zero-order chi connectivity index (χ0) is 8.97. The topological polar surface area (TPSA) is 44.8 Å². The van der Waals surface area contributed by atoms with Crippen LogP contribution in [0.1, 0.15) is 0 Å². The maximum absolute atomic E-state index is 10.9. The van der Waals surface area contributed by atoms with Crippen LogP contribution in [0.5, 0.6) is 5.75 Å². The van der Waals surface area contributed by atoms with Gasteiger partial charge in [0.1, 0.15) is 5.75 Å². The molecule has 0 aromatic heterocycles. The van der Waals surface area contributed by atoms with Crippen LogP contribution in [0.3, 0.4) is 0 Å². The molecule has 1 aromatic carbocycles. The van der Waals surface area contributed by atoms with Crippen molar-refractivity contribution >= 4 is 5.69 Å². The van der Waals surface area contributed by atoms with Crippen molar-refractivity contribution in [1.82, 2.24) is 0 Å². The van der Waals surface area contributed by atoms with Gasteiger partial charge in [0.05, 0.1) is 19.9 Å². The number of nitrogens with zero attached hydrogens (tertiary/aromatic N) is 1. The highest BCUT2D eigenvalue weighted by atomic mass is 16.9. The highest BCUT2D eigenvalue weighted by Crippen LogP contribution is 2.17. The quantitative estimate of drug-likeness (QED) is 0.642. The van der Waals surface area contributed by atoms with Gasteiger partial charge in [-0.1, -0.05) is 0 Å². The van der Waals surface area contributed by atoms with E-state index in [1.54, 1.807) is 31.4 Å². The van der Waals surface area contributed by atoms with E-state index in [2.05, 4.69) is 4.84 Å². The first-order valence-electron chi connectivity index (χ1n) is 3.43. The molecule has 1 aromatic rings. The van der Waals surface area contributed by atoms with Crippen molar-refractivity contribution in [3.8, 4) is 5.75 Å². The Labute approximate surface area is 70.9 Å². The Morgan fingerprint density at radius 1 is 1.17 bits per heavy atom. The van der Waals surface area contributed by atoms with Crippen LogP contribution in [-0.2, 0) is 4.84 Å². The van der Waals surface area contributed by atoms with Gasteiger partial charge in [0.2, 0.25) is 0 Å². The summed E-state index contributed by atoms with van der Waals surface area (Å²) in [6, 6.07) is 6.63. The Morgan fingerprint density at radius 2 is 1.75 bits per heavy atom. The van der Waals surface area contributed by atoms with Gasteiger partial charge < -0.3 is 15.2 Å². The highest BCUT2D eigenvalue weighted by Gasteiger charge is 1.93. The minimum atomic E-state index is 0.430. The van der Waals surface area contributed by atoms with Crippen LogP contribution in [0.15, 0.2) is 24.3 Å². The molecule has 4 nitrogen and oxygen atoms in total. The maximum atomic E-state index is 10.9. The molecule has 0 saturated heterocycles. The Kier molecular flexibility index (Phi) is 2.90. The Bertz CT molecular complexity index is 235. The summed E-state index contributed by atoms with van der Waals surface area (Å²) in [5, 5.41) is 11.3. The van der Waals surface area contributed by atoms with Gasteiger partial charge in [-0.3, -0.25) is 4.84 Å². The van der Waals surface area contributed by atoms with Gasteiger partial charge in [-0.25, -0.2) is 0 Å². The van der Waals surface area contributed by atoms with E-state index in [9.17, 15) is 5.21 Å². The third kappa shape index (κ3) is 1.87. The van der Waals surface area contributed by atoms with E-state index in [-0.39, 0.29) is 0 Å². The molecule has 0 saturated carbocycles. The van der Waals surface area contributed by atoms with E-state index >= 15 is 0 Å². The molecule has 4 heteroatoms. The maximum Gasteiger partial charge on any atom is 0.119 e. The van der Waals surface area contributed by atoms with E-state index in [0.29, 0.717) is 16.7 Å². The lowest BCUT2D eigenvalue weighted by Gasteiger charge is -2.26. The summed E-state index contributed by atoms with van der Waals surface area (Å²) in [5.74, 6) is 0.711. The standard InChI is InChI=1S/C8H10NO3/c1-11-8-5-3-7(4-6-8)9(10)12-2/h3-6H,1-2H3/q-1. The first kappa shape index (κ1) is 8.83. The molecule has 0 amide bonds. The number of hydrogen-bond donors (Lipinski definition) is 0. The van der Waals surface area contributed by atoms with Crippen molar-refractivity contribution in [2.45, 2.75) is 0 Å². The molecule has 0 atom stereocenters. The predicted molar refractivity (Wildman–Crippen MR) is 45.8 cm³/mol. The first-order chi connectivity index (χ1) is 5.77. The molecule has 0 radical (unpaired) electrons. The second kappa shape index (κ2) is 3.94. The van der Waals surface area contributed by atoms with Crippen molar-refractivity contribution in [3.63, 3.8) is 0 Å². The smallest absolute Gasteiger partial charge is 0.119 e. The predicted octanol–water partition coefficient (Wildman–Crippen LogP) is 1.56. The summed E-state index contributed by atoms with van der Waals surface area (Å²) in [7, 11) is 2.89. The molecule has 0 bridgehead atoms. The van der Waals surface area contributed by atoms with Gasteiger partial charge in [-0.05, 0) is 24.3 Å². The van der Waals surface area contributed by atoms with E-state index in [0.717, 1.165) is 0 Å². The molecule has 0 fully saturated rings. The lowest BCUT2D eigenvalue weighted by molar-refractivity contribution is 0.198. The number of benzene rings is 1. The molecular formula is C8H10NO3-. The fourth-order valence-corrected chi connectivity index (χ4v) is 0.809. The molecule has 1 rings (SSSR count). The van der Waals surface area contributed by atoms with Crippen LogP contribution in [0.4, 0.5) is 5.69 Å². The number of ether oxygens (including phenoxy) is 1. The monoisotopic (exact) mass is 168 g/mol. The number of methoxy groups -OCH3 is 1. The third-order valence-corrected chi connectivity index (χ3v) is 1.45. The fraction of sp³-hybridized carbons (Fsp3) is 0.250. The lowest BCUT2D eigenvalue weighted by Crippen LogP contribution is -2.11. The summed E-state index contributed by atoms with van der Waals surface area (Å²) in [6.45, 7) is 0. The van der Waals surface area contributed by atoms with Crippen LogP contribution in [0.2, 0.25) is 0 Å². The van der Waals surface area contributed by atoms with Crippen molar-refractivity contribution in [1.29, 1.82) is 0 Å². The van der Waals surface area contributed by atoms with Crippen molar-refractivity contribution in [2.75, 3.05) is 19.4 Å². The minimum Gasteiger partial charge on any atom is -0.733 e. The Balaban J connectivity index is 2.77. The van der Waals surface area contributed by atoms with Gasteiger partial charge in [0, 0.05) is 0 Å². The van der Waals surface area contributed by atoms with Gasteiger partial charge in [0.25, 0.3) is 0 Å². The number of hydrogen-bond acceptors (Lipinski definition) is 4. The largest absolute Gasteiger partial charge is 0.733 e. The Morgan fingerprint density at radius 3 is 2.17 bits per heavy atom. The summed E-state index contributed by atoms with van der Waals surface area (Å²) in [6.07, 6.45) is 0. The normalized spacial score (nSPS) is 9.58. The average Bonchev–Trinajstić information content (AvgIpc) is 2.17. The van der Waals surface area contributed by atoms with Crippen LogP contribution in [-0.4, -0.2) is 14.2 Å². The fourth-order valence-electron chi connectivity index (χ4n) is 0.809. The summed E-state index contributed by atoms with van der Waals surface area (Å²) >= 11 is 0. The lowest BCUT2D eigenvalue weighted by atomic mass is 10.3. The second-order valence-electron chi connectivity index (χ2n) is 2.14. The second-order valence-corrected chi connectivity index (χ2v) is 2.14. The van der Waals surface area contributed by atoms with Gasteiger partial charge >= 0.3 is 0 Å². The molecule has 0 aliphatic heterocycles. The zero-order valence-corrected chi connectivity index (χ0v) is 6.98. The Hall–Kier alpha value is -1.26. The molecule has 66 valence electrons. The number of rotatable bonds is 3. The molecule has 0 unspecified atom stereocenters. The van der Waals surface area contributed by atoms with E-state index < -0.39 is 0 Å².